The van der Waals surface area contributed by atoms with Gasteiger partial charge in [0, 0.05) is 17.2 Å². The predicted octanol–water partition coefficient (Wildman–Crippen LogP) is 2.70. The fraction of sp³-hybridized carbons (Fsp3) is 0.526. The summed E-state index contributed by atoms with van der Waals surface area (Å²) in [7, 11) is 0. The van der Waals surface area contributed by atoms with Gasteiger partial charge in [-0.05, 0) is 49.9 Å². The fourth-order valence-electron chi connectivity index (χ4n) is 2.72. The van der Waals surface area contributed by atoms with E-state index in [1.54, 1.807) is 38.1 Å². The second kappa shape index (κ2) is 8.25. The molecular formula is C19H25NO5. The Bertz CT molecular complexity index is 630. The average molecular weight is 347 g/mol. The van der Waals surface area contributed by atoms with Crippen LogP contribution in [0.1, 0.15) is 56.3 Å². The number of anilines is 1. The number of rotatable bonds is 6. The van der Waals surface area contributed by atoms with E-state index >= 15 is 0 Å². The minimum atomic E-state index is -1.45. The van der Waals surface area contributed by atoms with E-state index in [1.165, 1.54) is 0 Å². The van der Waals surface area contributed by atoms with Gasteiger partial charge in [0.25, 0.3) is 0 Å². The quantitative estimate of drug-likeness (QED) is 0.610. The minimum Gasteiger partial charge on any atom is -0.455 e. The number of ether oxygens (including phenoxy) is 1. The van der Waals surface area contributed by atoms with Crippen LogP contribution in [-0.2, 0) is 14.3 Å². The maximum Gasteiger partial charge on any atom is 0.338 e. The van der Waals surface area contributed by atoms with E-state index in [2.05, 4.69) is 5.32 Å². The van der Waals surface area contributed by atoms with E-state index in [4.69, 9.17) is 4.74 Å². The number of Topliss-reactive ketones (excluding diaryl/α,β-unsaturated/α-hetero) is 1. The topological polar surface area (TPSA) is 92.7 Å². The molecule has 0 unspecified atom stereocenters. The standard InChI is InChI=1S/C19H25NO5/c1-13(2)17(22)20-15-8-6-14(7-9-15)16(21)12-25-18(23)19(24)10-4-3-5-11-19/h6-9,13,24H,3-5,10-12H2,1-2H3,(H,20,22). The molecule has 6 heteroatoms. The largest absolute Gasteiger partial charge is 0.455 e. The maximum atomic E-state index is 12.1. The number of nitrogens with one attached hydrogen (secondary N) is 1. The Kier molecular flexibility index (Phi) is 6.31. The molecule has 0 radical (unpaired) electrons. The highest BCUT2D eigenvalue weighted by Crippen LogP contribution is 2.29. The lowest BCUT2D eigenvalue weighted by Gasteiger charge is -2.29. The first-order valence-corrected chi connectivity index (χ1v) is 8.65. The van der Waals surface area contributed by atoms with Crippen LogP contribution in [0.4, 0.5) is 5.69 Å². The van der Waals surface area contributed by atoms with Crippen LogP contribution < -0.4 is 5.32 Å². The molecule has 1 aromatic rings. The number of hydrogen-bond acceptors (Lipinski definition) is 5. The molecule has 1 aliphatic carbocycles. The molecule has 0 aliphatic heterocycles. The van der Waals surface area contributed by atoms with Crippen molar-refractivity contribution in [3.63, 3.8) is 0 Å². The number of hydrogen-bond donors (Lipinski definition) is 2. The number of benzene rings is 1. The zero-order valence-corrected chi connectivity index (χ0v) is 14.7. The van der Waals surface area contributed by atoms with Gasteiger partial charge in [-0.3, -0.25) is 9.59 Å². The number of aliphatic hydroxyl groups is 1. The number of esters is 1. The SMILES string of the molecule is CC(C)C(=O)Nc1ccc(C(=O)COC(=O)C2(O)CCCCC2)cc1. The van der Waals surface area contributed by atoms with E-state index < -0.39 is 18.2 Å². The summed E-state index contributed by atoms with van der Waals surface area (Å²) in [4.78, 5) is 35.8. The van der Waals surface area contributed by atoms with Crippen LogP contribution in [0.15, 0.2) is 24.3 Å². The minimum absolute atomic E-state index is 0.103. The third-order valence-corrected chi connectivity index (χ3v) is 4.39. The molecule has 1 aliphatic rings. The lowest BCUT2D eigenvalue weighted by molar-refractivity contribution is -0.167. The van der Waals surface area contributed by atoms with Gasteiger partial charge in [0.05, 0.1) is 0 Å². The maximum absolute atomic E-state index is 12.1. The van der Waals surface area contributed by atoms with Gasteiger partial charge in [-0.2, -0.15) is 0 Å². The van der Waals surface area contributed by atoms with Crippen molar-refractivity contribution in [2.75, 3.05) is 11.9 Å². The predicted molar refractivity (Wildman–Crippen MR) is 93.2 cm³/mol. The highest BCUT2D eigenvalue weighted by molar-refractivity contribution is 5.99. The van der Waals surface area contributed by atoms with Crippen molar-refractivity contribution in [1.29, 1.82) is 0 Å². The van der Waals surface area contributed by atoms with Crippen molar-refractivity contribution in [3.05, 3.63) is 29.8 Å². The molecule has 1 saturated carbocycles. The van der Waals surface area contributed by atoms with Crippen molar-refractivity contribution >= 4 is 23.3 Å². The number of carbonyl (C=O) groups excluding carboxylic acids is 3. The number of ketones is 1. The molecule has 0 bridgehead atoms. The van der Waals surface area contributed by atoms with Crippen LogP contribution in [0.25, 0.3) is 0 Å². The van der Waals surface area contributed by atoms with Gasteiger partial charge in [0.1, 0.15) is 0 Å². The summed E-state index contributed by atoms with van der Waals surface area (Å²) in [6.45, 7) is 3.18. The summed E-state index contributed by atoms with van der Waals surface area (Å²) in [5, 5.41) is 13.0. The van der Waals surface area contributed by atoms with Gasteiger partial charge in [-0.15, -0.1) is 0 Å². The molecule has 25 heavy (non-hydrogen) atoms. The number of carbonyl (C=O) groups is 3. The monoisotopic (exact) mass is 347 g/mol. The Hall–Kier alpha value is -2.21. The molecule has 0 saturated heterocycles. The van der Waals surface area contributed by atoms with Gasteiger partial charge < -0.3 is 15.2 Å². The van der Waals surface area contributed by atoms with E-state index in [0.29, 0.717) is 24.1 Å². The van der Waals surface area contributed by atoms with Crippen LogP contribution in [-0.4, -0.2) is 35.0 Å². The highest BCUT2D eigenvalue weighted by Gasteiger charge is 2.38. The van der Waals surface area contributed by atoms with Gasteiger partial charge in [-0.25, -0.2) is 4.79 Å². The van der Waals surface area contributed by atoms with Gasteiger partial charge in [0.2, 0.25) is 5.91 Å². The molecule has 1 aromatic carbocycles. The highest BCUT2D eigenvalue weighted by atomic mass is 16.6. The van der Waals surface area contributed by atoms with Crippen LogP contribution in [0.5, 0.6) is 0 Å². The van der Waals surface area contributed by atoms with Crippen molar-refractivity contribution in [1.82, 2.24) is 0 Å². The summed E-state index contributed by atoms with van der Waals surface area (Å²) in [6, 6.07) is 6.40. The molecular weight excluding hydrogens is 322 g/mol. The molecule has 6 nitrogen and oxygen atoms in total. The van der Waals surface area contributed by atoms with Crippen molar-refractivity contribution in [3.8, 4) is 0 Å². The van der Waals surface area contributed by atoms with E-state index in [-0.39, 0.29) is 17.6 Å². The Labute approximate surface area is 147 Å². The smallest absolute Gasteiger partial charge is 0.338 e. The van der Waals surface area contributed by atoms with Crippen LogP contribution in [0.3, 0.4) is 0 Å². The summed E-state index contributed by atoms with van der Waals surface area (Å²) >= 11 is 0. The molecule has 1 amide bonds. The molecule has 0 atom stereocenters. The Morgan fingerprint density at radius 3 is 2.28 bits per heavy atom. The van der Waals surface area contributed by atoms with Crippen molar-refractivity contribution < 1.29 is 24.2 Å². The average Bonchev–Trinajstić information content (AvgIpc) is 2.60. The van der Waals surface area contributed by atoms with Gasteiger partial charge in [-0.1, -0.05) is 20.3 Å². The third-order valence-electron chi connectivity index (χ3n) is 4.39. The fourth-order valence-corrected chi connectivity index (χ4v) is 2.72. The third kappa shape index (κ3) is 5.13. The number of amides is 1. The molecule has 136 valence electrons. The first kappa shape index (κ1) is 19.1. The van der Waals surface area contributed by atoms with E-state index in [0.717, 1.165) is 19.3 Å². The lowest BCUT2D eigenvalue weighted by Crippen LogP contribution is -2.42. The Balaban J connectivity index is 1.88. The van der Waals surface area contributed by atoms with Gasteiger partial charge in [0.15, 0.2) is 18.0 Å². The molecule has 0 spiro atoms. The van der Waals surface area contributed by atoms with Crippen molar-refractivity contribution in [2.24, 2.45) is 5.92 Å². The molecule has 0 heterocycles. The normalized spacial score (nSPS) is 16.3. The van der Waals surface area contributed by atoms with Gasteiger partial charge >= 0.3 is 5.97 Å². The molecule has 2 N–H and O–H groups in total. The molecule has 1 fully saturated rings. The van der Waals surface area contributed by atoms with E-state index in [1.807, 2.05) is 0 Å². The first-order valence-electron chi connectivity index (χ1n) is 8.65. The zero-order valence-electron chi connectivity index (χ0n) is 14.7. The van der Waals surface area contributed by atoms with Crippen LogP contribution >= 0.6 is 0 Å². The van der Waals surface area contributed by atoms with Crippen LogP contribution in [0.2, 0.25) is 0 Å². The Morgan fingerprint density at radius 1 is 1.12 bits per heavy atom. The summed E-state index contributed by atoms with van der Waals surface area (Å²) in [5.41, 5.74) is -0.474. The first-order chi connectivity index (χ1) is 11.8. The summed E-state index contributed by atoms with van der Waals surface area (Å²) in [5.74, 6) is -1.31. The zero-order chi connectivity index (χ0) is 18.4. The summed E-state index contributed by atoms with van der Waals surface area (Å²) in [6.07, 6.45) is 3.31. The molecule has 0 aromatic heterocycles. The van der Waals surface area contributed by atoms with Crippen molar-refractivity contribution in [2.45, 2.75) is 51.6 Å². The van der Waals surface area contributed by atoms with E-state index in [9.17, 15) is 19.5 Å². The Morgan fingerprint density at radius 2 is 1.72 bits per heavy atom. The second-order valence-electron chi connectivity index (χ2n) is 6.81. The van der Waals surface area contributed by atoms with Crippen LogP contribution in [0, 0.1) is 5.92 Å². The lowest BCUT2D eigenvalue weighted by atomic mass is 9.85. The molecule has 2 rings (SSSR count). The second-order valence-corrected chi connectivity index (χ2v) is 6.81. The summed E-state index contributed by atoms with van der Waals surface area (Å²) < 4.78 is 5.02.